The Bertz CT molecular complexity index is 2050. The number of hydrogen-bond acceptors (Lipinski definition) is 11. The summed E-state index contributed by atoms with van der Waals surface area (Å²) in [5.41, 5.74) is 6.89. The van der Waals surface area contributed by atoms with Gasteiger partial charge in [-0.2, -0.15) is 5.26 Å². The van der Waals surface area contributed by atoms with E-state index in [0.29, 0.717) is 34.3 Å². The predicted octanol–water partition coefficient (Wildman–Crippen LogP) is 5.46. The van der Waals surface area contributed by atoms with Gasteiger partial charge in [0.05, 0.1) is 36.5 Å². The molecule has 0 aliphatic heterocycles. The fourth-order valence-electron chi connectivity index (χ4n) is 5.84. The molecule has 4 unspecified atom stereocenters. The fraction of sp³-hybridized carbons (Fsp3) is 0.279. The van der Waals surface area contributed by atoms with E-state index in [2.05, 4.69) is 17.5 Å². The third-order valence-corrected chi connectivity index (χ3v) is 9.39. The smallest absolute Gasteiger partial charge is 0.142 e. The number of aliphatic hydroxyl groups is 5. The zero-order chi connectivity index (χ0) is 39.3. The Labute approximate surface area is 325 Å². The van der Waals surface area contributed by atoms with E-state index >= 15 is 0 Å². The minimum atomic E-state index is -1.74. The van der Waals surface area contributed by atoms with Gasteiger partial charge in [0, 0.05) is 24.7 Å². The molecule has 6 N–H and O–H groups in total. The molecular formula is C43H45ClN2O9. The molecule has 0 heterocycles. The number of methoxy groups -OCH3 is 1. The summed E-state index contributed by atoms with van der Waals surface area (Å²) in [6.45, 7) is 2.00. The molecule has 0 spiro atoms. The van der Waals surface area contributed by atoms with Gasteiger partial charge in [0.2, 0.25) is 0 Å². The topological polar surface area (TPSA) is 174 Å². The van der Waals surface area contributed by atoms with Crippen LogP contribution in [0.25, 0.3) is 11.1 Å². The number of rotatable bonds is 19. The molecule has 5 rings (SSSR count). The van der Waals surface area contributed by atoms with Gasteiger partial charge in [-0.25, -0.2) is 0 Å². The maximum absolute atomic E-state index is 10.4. The second kappa shape index (κ2) is 20.0. The third-order valence-electron chi connectivity index (χ3n) is 9.10. The van der Waals surface area contributed by atoms with Gasteiger partial charge in [0.1, 0.15) is 61.1 Å². The quantitative estimate of drug-likeness (QED) is 0.0630. The van der Waals surface area contributed by atoms with E-state index < -0.39 is 31.0 Å². The number of benzene rings is 5. The van der Waals surface area contributed by atoms with Crippen LogP contribution < -0.4 is 24.3 Å². The van der Waals surface area contributed by atoms with Crippen molar-refractivity contribution in [3.8, 4) is 40.2 Å². The Kier molecular flexibility index (Phi) is 14.9. The van der Waals surface area contributed by atoms with Gasteiger partial charge in [-0.15, -0.1) is 0 Å². The summed E-state index contributed by atoms with van der Waals surface area (Å²) in [4.78, 5) is 0. The summed E-state index contributed by atoms with van der Waals surface area (Å²) in [5.74, 6) is 2.34. The number of halogens is 1. The van der Waals surface area contributed by atoms with Crippen LogP contribution in [0.5, 0.6) is 23.0 Å². The highest BCUT2D eigenvalue weighted by molar-refractivity contribution is 6.32. The summed E-state index contributed by atoms with van der Waals surface area (Å²) >= 11 is 6.74. The molecule has 0 amide bonds. The van der Waals surface area contributed by atoms with E-state index in [1.54, 1.807) is 37.4 Å². The Morgan fingerprint density at radius 3 is 2.16 bits per heavy atom. The third kappa shape index (κ3) is 11.2. The predicted molar refractivity (Wildman–Crippen MR) is 208 cm³/mol. The van der Waals surface area contributed by atoms with Crippen LogP contribution in [0.15, 0.2) is 103 Å². The van der Waals surface area contributed by atoms with E-state index in [4.69, 9.17) is 35.7 Å². The lowest BCUT2D eigenvalue weighted by molar-refractivity contribution is -0.114. The van der Waals surface area contributed by atoms with Crippen LogP contribution in [0.4, 0.5) is 0 Å². The molecule has 0 saturated heterocycles. The van der Waals surface area contributed by atoms with E-state index in [1.165, 1.54) is 0 Å². The highest BCUT2D eigenvalue weighted by Gasteiger charge is 2.29. The molecule has 55 heavy (non-hydrogen) atoms. The molecule has 0 radical (unpaired) electrons. The van der Waals surface area contributed by atoms with Crippen LogP contribution in [0.3, 0.4) is 0 Å². The zero-order valence-electron chi connectivity index (χ0n) is 30.6. The molecule has 0 fully saturated rings. The fourth-order valence-corrected chi connectivity index (χ4v) is 6.08. The first-order valence-corrected chi connectivity index (χ1v) is 18.0. The molecule has 5 aromatic rings. The van der Waals surface area contributed by atoms with Crippen LogP contribution in [-0.2, 0) is 26.4 Å². The van der Waals surface area contributed by atoms with Crippen molar-refractivity contribution < 1.29 is 44.5 Å². The lowest BCUT2D eigenvalue weighted by Crippen LogP contribution is -2.48. The van der Waals surface area contributed by atoms with Crippen molar-refractivity contribution in [1.29, 1.82) is 5.26 Å². The van der Waals surface area contributed by atoms with Gasteiger partial charge in [-0.3, -0.25) is 0 Å². The lowest BCUT2D eigenvalue weighted by atomic mass is 9.96. The van der Waals surface area contributed by atoms with Crippen LogP contribution in [0.1, 0.15) is 33.4 Å². The summed E-state index contributed by atoms with van der Waals surface area (Å²) in [5, 5.41) is 61.9. The van der Waals surface area contributed by atoms with E-state index in [1.807, 2.05) is 73.7 Å². The number of nitriles is 1. The molecular weight excluding hydrogens is 724 g/mol. The number of nitrogens with zero attached hydrogens (tertiary/aromatic N) is 1. The van der Waals surface area contributed by atoms with E-state index in [-0.39, 0.29) is 26.3 Å². The minimum absolute atomic E-state index is 0.139. The summed E-state index contributed by atoms with van der Waals surface area (Å²) in [6.07, 6.45) is -6.51. The first-order valence-electron chi connectivity index (χ1n) is 17.7. The Morgan fingerprint density at radius 1 is 0.709 bits per heavy atom. The second-order valence-electron chi connectivity index (χ2n) is 13.0. The van der Waals surface area contributed by atoms with E-state index in [0.717, 1.165) is 44.9 Å². The van der Waals surface area contributed by atoms with Gasteiger partial charge < -0.3 is 49.8 Å². The molecule has 0 saturated carbocycles. The minimum Gasteiger partial charge on any atom is -0.497 e. The van der Waals surface area contributed by atoms with Crippen LogP contribution in [0.2, 0.25) is 5.02 Å². The Hall–Kier alpha value is -5.16. The first-order chi connectivity index (χ1) is 26.6. The van der Waals surface area contributed by atoms with Gasteiger partial charge >= 0.3 is 0 Å². The summed E-state index contributed by atoms with van der Waals surface area (Å²) in [6, 6.07) is 34.2. The SMILES string of the molecule is COc1ccc(COc2cccc(-c3cccc(COc4cc(OCc5cccc(C#N)c5)c(CNCC(O)C(O)C(O)C(O)CO)cc4Cl)c3C)c2)cc1. The Morgan fingerprint density at radius 2 is 1.42 bits per heavy atom. The lowest BCUT2D eigenvalue weighted by Gasteiger charge is -2.26. The van der Waals surface area contributed by atoms with Crippen molar-refractivity contribution in [2.45, 2.75) is 57.7 Å². The van der Waals surface area contributed by atoms with Crippen molar-refractivity contribution in [2.24, 2.45) is 0 Å². The average Bonchev–Trinajstić information content (AvgIpc) is 3.22. The van der Waals surface area contributed by atoms with Crippen LogP contribution in [0, 0.1) is 18.3 Å². The highest BCUT2D eigenvalue weighted by Crippen LogP contribution is 2.35. The second-order valence-corrected chi connectivity index (χ2v) is 13.4. The van der Waals surface area contributed by atoms with Crippen LogP contribution in [-0.4, -0.2) is 70.2 Å². The van der Waals surface area contributed by atoms with Crippen molar-refractivity contribution in [2.75, 3.05) is 20.3 Å². The highest BCUT2D eigenvalue weighted by atomic mass is 35.5. The van der Waals surface area contributed by atoms with Crippen molar-refractivity contribution in [1.82, 2.24) is 5.32 Å². The maximum Gasteiger partial charge on any atom is 0.142 e. The molecule has 0 bridgehead atoms. The molecule has 11 nitrogen and oxygen atoms in total. The van der Waals surface area contributed by atoms with Crippen molar-refractivity contribution in [3.63, 3.8) is 0 Å². The summed E-state index contributed by atoms with van der Waals surface area (Å²) in [7, 11) is 1.64. The largest absolute Gasteiger partial charge is 0.497 e. The standard InChI is InChI=1S/C43H45ClN2O9/c1-27-32(9-5-11-36(27)31-8-4-10-35(17-31)53-24-28-12-14-34(52-2)15-13-28)26-55-41-19-40(54-25-30-7-3-6-29(16-30)20-45)33(18-37(41)44)21-46-22-38(48)42(50)43(51)39(49)23-47/h3-19,38-39,42-43,46-51H,21-26H2,1-2H3. The monoisotopic (exact) mass is 768 g/mol. The molecule has 0 aliphatic carbocycles. The first kappa shape index (κ1) is 41.0. The van der Waals surface area contributed by atoms with Gasteiger partial charge in [0.25, 0.3) is 0 Å². The van der Waals surface area contributed by atoms with Crippen molar-refractivity contribution >= 4 is 11.6 Å². The molecule has 0 aliphatic rings. The van der Waals surface area contributed by atoms with Gasteiger partial charge in [-0.05, 0) is 82.8 Å². The number of hydrogen-bond donors (Lipinski definition) is 6. The number of nitrogens with one attached hydrogen (secondary N) is 1. The summed E-state index contributed by atoms with van der Waals surface area (Å²) < 4.78 is 23.8. The Balaban J connectivity index is 1.30. The van der Waals surface area contributed by atoms with Crippen molar-refractivity contribution in [3.05, 3.63) is 142 Å². The molecule has 12 heteroatoms. The number of aliphatic hydroxyl groups excluding tert-OH is 5. The molecule has 5 aromatic carbocycles. The molecule has 0 aromatic heterocycles. The number of ether oxygens (including phenoxy) is 4. The molecule has 288 valence electrons. The van der Waals surface area contributed by atoms with Gasteiger partial charge in [0.15, 0.2) is 0 Å². The van der Waals surface area contributed by atoms with Gasteiger partial charge in [-0.1, -0.05) is 66.2 Å². The molecule has 4 atom stereocenters. The zero-order valence-corrected chi connectivity index (χ0v) is 31.3. The normalized spacial score (nSPS) is 13.3. The average molecular weight is 769 g/mol. The van der Waals surface area contributed by atoms with E-state index in [9.17, 15) is 25.7 Å². The maximum atomic E-state index is 10.4. The van der Waals surface area contributed by atoms with Crippen LogP contribution >= 0.6 is 11.6 Å².